The molecule has 4 aliphatic carbocycles. The number of nitrogens with one attached hydrogen (secondary N) is 1. The fraction of sp³-hybridized carbons (Fsp3) is 0.773. The number of rotatable bonds is 4. The maximum absolute atomic E-state index is 13.1. The third kappa shape index (κ3) is 3.30. The van der Waals surface area contributed by atoms with Crippen molar-refractivity contribution in [1.82, 2.24) is 15.5 Å². The molecule has 6 nitrogen and oxygen atoms in total. The van der Waals surface area contributed by atoms with Crippen LogP contribution in [-0.4, -0.2) is 47.9 Å². The van der Waals surface area contributed by atoms with Gasteiger partial charge in [-0.15, -0.1) is 10.2 Å². The van der Waals surface area contributed by atoms with Gasteiger partial charge in [-0.1, -0.05) is 13.8 Å². The van der Waals surface area contributed by atoms with Gasteiger partial charge in [-0.05, 0) is 68.3 Å². The van der Waals surface area contributed by atoms with E-state index < -0.39 is 0 Å². The number of aromatic nitrogens is 2. The summed E-state index contributed by atoms with van der Waals surface area (Å²) in [4.78, 5) is 15.4. The fourth-order valence-corrected chi connectivity index (χ4v) is 6.53. The van der Waals surface area contributed by atoms with Crippen molar-refractivity contribution < 1.29 is 9.53 Å². The third-order valence-corrected chi connectivity index (χ3v) is 7.39. The number of ether oxygens (including phenoxy) is 1. The van der Waals surface area contributed by atoms with Crippen LogP contribution in [0.5, 0.6) is 0 Å². The molecule has 4 saturated carbocycles. The Bertz CT molecular complexity index is 722. The second-order valence-corrected chi connectivity index (χ2v) is 9.91. The topological polar surface area (TPSA) is 67.4 Å². The number of amides is 1. The minimum absolute atomic E-state index is 0.00832. The lowest BCUT2D eigenvalue weighted by Gasteiger charge is -2.56. The van der Waals surface area contributed by atoms with Gasteiger partial charge in [0.25, 0.3) is 5.91 Å². The van der Waals surface area contributed by atoms with Crippen molar-refractivity contribution in [2.24, 2.45) is 17.8 Å². The Labute approximate surface area is 167 Å². The summed E-state index contributed by atoms with van der Waals surface area (Å²) in [5.74, 6) is 3.60. The molecule has 0 atom stereocenters. The van der Waals surface area contributed by atoms with Crippen LogP contribution in [0.15, 0.2) is 6.07 Å². The smallest absolute Gasteiger partial charge is 0.272 e. The average Bonchev–Trinajstić information content (AvgIpc) is 2.66. The monoisotopic (exact) mass is 384 g/mol. The first-order valence-corrected chi connectivity index (χ1v) is 11.0. The Balaban J connectivity index is 1.37. The maximum atomic E-state index is 13.1. The number of carbonyl (C=O) groups excluding carboxylic acids is 1. The second kappa shape index (κ2) is 6.97. The van der Waals surface area contributed by atoms with Gasteiger partial charge in [-0.2, -0.15) is 0 Å². The standard InChI is InChI=1S/C22H32N4O2/c1-14(2)18-10-19(24-25-20(18)26-3-5-28-6-4-26)21(27)23-22-11-15-7-16(12-22)9-17(8-15)13-22/h10,14-17H,3-9,11-13H2,1-2H3,(H,23,27). The maximum Gasteiger partial charge on any atom is 0.272 e. The molecular formula is C22H32N4O2. The Morgan fingerprint density at radius 1 is 1.11 bits per heavy atom. The molecular weight excluding hydrogens is 352 g/mol. The van der Waals surface area contributed by atoms with Crippen molar-refractivity contribution >= 4 is 11.7 Å². The van der Waals surface area contributed by atoms with Crippen molar-refractivity contribution in [3.05, 3.63) is 17.3 Å². The van der Waals surface area contributed by atoms with E-state index in [1.54, 1.807) is 0 Å². The van der Waals surface area contributed by atoms with Gasteiger partial charge >= 0.3 is 0 Å². The normalized spacial score (nSPS) is 34.1. The lowest BCUT2D eigenvalue weighted by atomic mass is 9.53. The van der Waals surface area contributed by atoms with Crippen LogP contribution in [0.25, 0.3) is 0 Å². The summed E-state index contributed by atoms with van der Waals surface area (Å²) in [6.45, 7) is 7.39. The van der Waals surface area contributed by atoms with E-state index in [-0.39, 0.29) is 11.4 Å². The zero-order chi connectivity index (χ0) is 19.3. The van der Waals surface area contributed by atoms with Gasteiger partial charge in [0, 0.05) is 24.2 Å². The zero-order valence-electron chi connectivity index (χ0n) is 17.1. The van der Waals surface area contributed by atoms with E-state index in [1.807, 2.05) is 6.07 Å². The minimum Gasteiger partial charge on any atom is -0.378 e. The largest absolute Gasteiger partial charge is 0.378 e. The van der Waals surface area contributed by atoms with Crippen molar-refractivity contribution in [3.63, 3.8) is 0 Å². The molecule has 0 aromatic carbocycles. The van der Waals surface area contributed by atoms with Gasteiger partial charge in [0.15, 0.2) is 11.5 Å². The Hall–Kier alpha value is -1.69. The molecule has 0 unspecified atom stereocenters. The summed E-state index contributed by atoms with van der Waals surface area (Å²) in [5, 5.41) is 12.3. The molecule has 6 heteroatoms. The van der Waals surface area contributed by atoms with Crippen LogP contribution in [-0.2, 0) is 4.74 Å². The Morgan fingerprint density at radius 3 is 2.29 bits per heavy atom. The summed E-state index contributed by atoms with van der Waals surface area (Å²) in [6, 6.07) is 1.97. The number of morpholine rings is 1. The molecule has 1 N–H and O–H groups in total. The van der Waals surface area contributed by atoms with Gasteiger partial charge in [-0.3, -0.25) is 4.79 Å². The highest BCUT2D eigenvalue weighted by molar-refractivity contribution is 5.93. The summed E-state index contributed by atoms with van der Waals surface area (Å²) in [5.41, 5.74) is 1.58. The van der Waals surface area contributed by atoms with Crippen molar-refractivity contribution in [2.75, 3.05) is 31.2 Å². The molecule has 0 spiro atoms. The summed E-state index contributed by atoms with van der Waals surface area (Å²) in [7, 11) is 0. The zero-order valence-corrected chi connectivity index (χ0v) is 17.1. The third-order valence-electron chi connectivity index (χ3n) is 7.39. The molecule has 28 heavy (non-hydrogen) atoms. The van der Waals surface area contributed by atoms with Crippen LogP contribution in [0.1, 0.15) is 74.3 Å². The van der Waals surface area contributed by atoms with Crippen LogP contribution in [0.4, 0.5) is 5.82 Å². The van der Waals surface area contributed by atoms with E-state index in [0.717, 1.165) is 61.5 Å². The predicted molar refractivity (Wildman–Crippen MR) is 108 cm³/mol. The minimum atomic E-state index is -0.0372. The van der Waals surface area contributed by atoms with E-state index in [1.165, 1.54) is 19.3 Å². The van der Waals surface area contributed by atoms with E-state index in [4.69, 9.17) is 4.74 Å². The molecule has 152 valence electrons. The Kier molecular flexibility index (Phi) is 4.57. The number of nitrogens with zero attached hydrogens (tertiary/aromatic N) is 3. The molecule has 1 aliphatic heterocycles. The van der Waals surface area contributed by atoms with Gasteiger partial charge in [-0.25, -0.2) is 0 Å². The van der Waals surface area contributed by atoms with Gasteiger partial charge in [0.1, 0.15) is 0 Å². The molecule has 1 aromatic heterocycles. The Morgan fingerprint density at radius 2 is 1.71 bits per heavy atom. The quantitative estimate of drug-likeness (QED) is 0.864. The lowest BCUT2D eigenvalue weighted by molar-refractivity contribution is -0.0168. The van der Waals surface area contributed by atoms with Crippen LogP contribution in [0.2, 0.25) is 0 Å². The SMILES string of the molecule is CC(C)c1cc(C(=O)NC23CC4CC(CC(C4)C2)C3)nnc1N1CCOCC1. The molecule has 1 saturated heterocycles. The molecule has 0 radical (unpaired) electrons. The predicted octanol–water partition coefficient (Wildman–Crippen LogP) is 3.14. The highest BCUT2D eigenvalue weighted by Crippen LogP contribution is 2.55. The first-order valence-electron chi connectivity index (χ1n) is 11.0. The molecule has 5 aliphatic rings. The van der Waals surface area contributed by atoms with Crippen molar-refractivity contribution in [3.8, 4) is 0 Å². The van der Waals surface area contributed by atoms with Gasteiger partial charge < -0.3 is 15.0 Å². The van der Waals surface area contributed by atoms with Crippen LogP contribution in [0, 0.1) is 17.8 Å². The van der Waals surface area contributed by atoms with Crippen LogP contribution < -0.4 is 10.2 Å². The van der Waals surface area contributed by atoms with Crippen molar-refractivity contribution in [2.45, 2.75) is 63.8 Å². The van der Waals surface area contributed by atoms with E-state index in [9.17, 15) is 4.79 Å². The first kappa shape index (κ1) is 18.3. The molecule has 1 aromatic rings. The molecule has 5 fully saturated rings. The first-order chi connectivity index (χ1) is 13.5. The fourth-order valence-electron chi connectivity index (χ4n) is 6.53. The van der Waals surface area contributed by atoms with Gasteiger partial charge in [0.2, 0.25) is 0 Å². The number of hydrogen-bond acceptors (Lipinski definition) is 5. The van der Waals surface area contributed by atoms with E-state index in [0.29, 0.717) is 24.8 Å². The number of anilines is 1. The number of hydrogen-bond donors (Lipinski definition) is 1. The second-order valence-electron chi connectivity index (χ2n) is 9.91. The van der Waals surface area contributed by atoms with Gasteiger partial charge in [0.05, 0.1) is 13.2 Å². The lowest BCUT2D eigenvalue weighted by Crippen LogP contribution is -2.59. The van der Waals surface area contributed by atoms with Crippen LogP contribution in [0.3, 0.4) is 0 Å². The summed E-state index contributed by atoms with van der Waals surface area (Å²) >= 11 is 0. The molecule has 4 bridgehead atoms. The van der Waals surface area contributed by atoms with Crippen molar-refractivity contribution in [1.29, 1.82) is 0 Å². The summed E-state index contributed by atoms with van der Waals surface area (Å²) in [6.07, 6.45) is 7.59. The average molecular weight is 385 g/mol. The molecule has 2 heterocycles. The highest BCUT2D eigenvalue weighted by atomic mass is 16.5. The van der Waals surface area contributed by atoms with E-state index in [2.05, 4.69) is 34.3 Å². The molecule has 1 amide bonds. The highest BCUT2D eigenvalue weighted by Gasteiger charge is 2.51. The number of carbonyl (C=O) groups is 1. The van der Waals surface area contributed by atoms with E-state index >= 15 is 0 Å². The van der Waals surface area contributed by atoms with Crippen LogP contribution >= 0.6 is 0 Å². The summed E-state index contributed by atoms with van der Waals surface area (Å²) < 4.78 is 5.46. The molecule has 6 rings (SSSR count).